The second-order valence-corrected chi connectivity index (χ2v) is 7.25. The number of fused-ring (bicyclic) bond motifs is 1. The Morgan fingerprint density at radius 3 is 2.79 bits per heavy atom. The Morgan fingerprint density at radius 2 is 1.93 bits per heavy atom. The molecule has 0 radical (unpaired) electrons. The number of piperidine rings is 1. The monoisotopic (exact) mass is 390 g/mol. The number of halogens is 1. The van der Waals surface area contributed by atoms with Crippen molar-refractivity contribution >= 4 is 11.6 Å². The second kappa shape index (κ2) is 7.16. The smallest absolute Gasteiger partial charge is 0.289 e. The normalized spacial score (nSPS) is 17.0. The minimum absolute atomic E-state index is 0.122. The van der Waals surface area contributed by atoms with Gasteiger partial charge < -0.3 is 9.32 Å². The van der Waals surface area contributed by atoms with Crippen molar-refractivity contribution < 1.29 is 13.6 Å². The summed E-state index contributed by atoms with van der Waals surface area (Å²) in [6.07, 6.45) is 3.80. The van der Waals surface area contributed by atoms with Gasteiger partial charge in [0.15, 0.2) is 11.4 Å². The molecule has 5 rings (SSSR count). The van der Waals surface area contributed by atoms with E-state index in [1.807, 2.05) is 33.7 Å². The van der Waals surface area contributed by atoms with Crippen molar-refractivity contribution in [1.82, 2.24) is 19.5 Å². The number of benzene rings is 1. The molecule has 1 unspecified atom stereocenters. The van der Waals surface area contributed by atoms with Crippen LogP contribution >= 0.6 is 0 Å². The molecular formula is C22H19FN4O2. The highest BCUT2D eigenvalue weighted by Gasteiger charge is 2.29. The maximum Gasteiger partial charge on any atom is 0.289 e. The molecule has 0 saturated carbocycles. The Kier molecular flexibility index (Phi) is 4.35. The van der Waals surface area contributed by atoms with E-state index in [0.717, 1.165) is 29.9 Å². The number of hydrogen-bond acceptors (Lipinski definition) is 4. The molecule has 1 aliphatic rings. The average Bonchev–Trinajstić information content (AvgIpc) is 3.41. The quantitative estimate of drug-likeness (QED) is 0.527. The first kappa shape index (κ1) is 17.6. The summed E-state index contributed by atoms with van der Waals surface area (Å²) in [5.41, 5.74) is 1.54. The molecule has 29 heavy (non-hydrogen) atoms. The van der Waals surface area contributed by atoms with Crippen molar-refractivity contribution in [3.8, 4) is 11.3 Å². The topological polar surface area (TPSA) is 63.6 Å². The molecule has 4 aromatic rings. The van der Waals surface area contributed by atoms with E-state index in [1.54, 1.807) is 24.3 Å². The third kappa shape index (κ3) is 3.29. The number of likely N-dealkylation sites (tertiary alicyclic amines) is 1. The van der Waals surface area contributed by atoms with Crippen LogP contribution in [0.5, 0.6) is 0 Å². The van der Waals surface area contributed by atoms with Gasteiger partial charge in [-0.05, 0) is 61.4 Å². The van der Waals surface area contributed by atoms with Gasteiger partial charge in [0, 0.05) is 30.8 Å². The van der Waals surface area contributed by atoms with Gasteiger partial charge in [0.1, 0.15) is 17.4 Å². The first-order valence-corrected chi connectivity index (χ1v) is 9.64. The first-order valence-electron chi connectivity index (χ1n) is 9.64. The van der Waals surface area contributed by atoms with Gasteiger partial charge in [-0.3, -0.25) is 9.20 Å². The highest BCUT2D eigenvalue weighted by Crippen LogP contribution is 2.28. The van der Waals surface area contributed by atoms with Crippen molar-refractivity contribution in [3.63, 3.8) is 0 Å². The van der Waals surface area contributed by atoms with E-state index < -0.39 is 0 Å². The van der Waals surface area contributed by atoms with Crippen molar-refractivity contribution in [2.24, 2.45) is 0 Å². The number of hydrogen-bond donors (Lipinski definition) is 0. The molecule has 1 aliphatic heterocycles. The summed E-state index contributed by atoms with van der Waals surface area (Å²) in [5.74, 6) is 1.39. The molecule has 1 atom stereocenters. The molecule has 7 heteroatoms. The number of furan rings is 1. The summed E-state index contributed by atoms with van der Waals surface area (Å²) < 4.78 is 20.9. The fourth-order valence-electron chi connectivity index (χ4n) is 3.89. The van der Waals surface area contributed by atoms with Gasteiger partial charge in [-0.2, -0.15) is 0 Å². The number of aromatic nitrogens is 3. The molecule has 3 aromatic heterocycles. The number of rotatable bonds is 3. The zero-order chi connectivity index (χ0) is 19.8. The van der Waals surface area contributed by atoms with Crippen molar-refractivity contribution in [3.05, 3.63) is 78.2 Å². The van der Waals surface area contributed by atoms with E-state index in [1.165, 1.54) is 12.1 Å². The molecular weight excluding hydrogens is 371 g/mol. The van der Waals surface area contributed by atoms with Gasteiger partial charge in [0.2, 0.25) is 0 Å². The van der Waals surface area contributed by atoms with Crippen LogP contribution in [-0.2, 0) is 0 Å². The fourth-order valence-corrected chi connectivity index (χ4v) is 3.89. The van der Waals surface area contributed by atoms with Crippen molar-refractivity contribution in [2.75, 3.05) is 13.1 Å². The van der Waals surface area contributed by atoms with E-state index in [2.05, 4.69) is 10.2 Å². The Hall–Kier alpha value is -3.48. The number of pyridine rings is 1. The van der Waals surface area contributed by atoms with Gasteiger partial charge >= 0.3 is 0 Å². The minimum Gasteiger partial charge on any atom is -0.451 e. The molecule has 0 N–H and O–H groups in total. The van der Waals surface area contributed by atoms with Gasteiger partial charge in [-0.1, -0.05) is 6.07 Å². The molecule has 146 valence electrons. The highest BCUT2D eigenvalue weighted by molar-refractivity contribution is 5.92. The van der Waals surface area contributed by atoms with Crippen molar-refractivity contribution in [1.29, 1.82) is 0 Å². The van der Waals surface area contributed by atoms with Crippen LogP contribution in [0, 0.1) is 5.82 Å². The van der Waals surface area contributed by atoms with Crippen LogP contribution in [0.15, 0.2) is 65.2 Å². The van der Waals surface area contributed by atoms with Gasteiger partial charge in [-0.15, -0.1) is 10.2 Å². The minimum atomic E-state index is -0.308. The fraction of sp³-hybridized carbons (Fsp3) is 0.227. The Labute approximate surface area is 166 Å². The summed E-state index contributed by atoms with van der Waals surface area (Å²) in [6, 6.07) is 15.2. The lowest BCUT2D eigenvalue weighted by atomic mass is 9.97. The predicted molar refractivity (Wildman–Crippen MR) is 105 cm³/mol. The highest BCUT2D eigenvalue weighted by atomic mass is 19.1. The molecule has 1 amide bonds. The lowest BCUT2D eigenvalue weighted by molar-refractivity contribution is 0.0673. The van der Waals surface area contributed by atoms with Crippen LogP contribution in [0.4, 0.5) is 4.39 Å². The maximum atomic E-state index is 13.1. The third-order valence-electron chi connectivity index (χ3n) is 5.36. The number of nitrogens with zero attached hydrogens (tertiary/aromatic N) is 4. The summed E-state index contributed by atoms with van der Waals surface area (Å²) in [5, 5.41) is 8.59. The lowest BCUT2D eigenvalue weighted by Gasteiger charge is -2.31. The largest absolute Gasteiger partial charge is 0.451 e. The van der Waals surface area contributed by atoms with E-state index in [9.17, 15) is 9.18 Å². The SMILES string of the molecule is O=C(c1ccc(-c2ccc(F)cc2)o1)N1CCCC(c2nnc3ccccn23)C1. The second-order valence-electron chi connectivity index (χ2n) is 7.25. The molecule has 4 heterocycles. The summed E-state index contributed by atoms with van der Waals surface area (Å²) in [7, 11) is 0. The zero-order valence-corrected chi connectivity index (χ0v) is 15.7. The Bertz CT molecular complexity index is 1170. The van der Waals surface area contributed by atoms with Crippen LogP contribution in [0.1, 0.15) is 35.1 Å². The van der Waals surface area contributed by atoms with Gasteiger partial charge in [-0.25, -0.2) is 4.39 Å². The van der Waals surface area contributed by atoms with Crippen LogP contribution in [0.25, 0.3) is 17.0 Å². The molecule has 1 fully saturated rings. The molecule has 6 nitrogen and oxygen atoms in total. The number of carbonyl (C=O) groups is 1. The van der Waals surface area contributed by atoms with Crippen LogP contribution in [0.2, 0.25) is 0 Å². The van der Waals surface area contributed by atoms with Crippen molar-refractivity contribution in [2.45, 2.75) is 18.8 Å². The first-order chi connectivity index (χ1) is 14.2. The third-order valence-corrected chi connectivity index (χ3v) is 5.36. The number of amides is 1. The Morgan fingerprint density at radius 1 is 1.07 bits per heavy atom. The standard InChI is InChI=1S/C22H19FN4O2/c23-17-8-6-15(7-9-17)18-10-11-19(29-18)22(28)26-12-3-4-16(14-26)21-25-24-20-5-1-2-13-27(20)21/h1-2,5-11,13,16H,3-4,12,14H2. The summed E-state index contributed by atoms with van der Waals surface area (Å²) in [6.45, 7) is 1.25. The van der Waals surface area contributed by atoms with Crippen LogP contribution < -0.4 is 0 Å². The summed E-state index contributed by atoms with van der Waals surface area (Å²) >= 11 is 0. The predicted octanol–water partition coefficient (Wildman–Crippen LogP) is 4.15. The molecule has 0 bridgehead atoms. The molecule has 0 spiro atoms. The Balaban J connectivity index is 1.36. The average molecular weight is 390 g/mol. The lowest BCUT2D eigenvalue weighted by Crippen LogP contribution is -2.39. The van der Waals surface area contributed by atoms with E-state index in [0.29, 0.717) is 18.8 Å². The van der Waals surface area contributed by atoms with Gasteiger partial charge in [0.25, 0.3) is 5.91 Å². The van der Waals surface area contributed by atoms with Crippen LogP contribution in [-0.4, -0.2) is 38.5 Å². The van der Waals surface area contributed by atoms with E-state index in [-0.39, 0.29) is 23.4 Å². The van der Waals surface area contributed by atoms with Gasteiger partial charge in [0.05, 0.1) is 0 Å². The zero-order valence-electron chi connectivity index (χ0n) is 15.7. The number of carbonyl (C=O) groups excluding carboxylic acids is 1. The van der Waals surface area contributed by atoms with Crippen LogP contribution in [0.3, 0.4) is 0 Å². The van der Waals surface area contributed by atoms with E-state index in [4.69, 9.17) is 4.42 Å². The maximum absolute atomic E-state index is 13.1. The van der Waals surface area contributed by atoms with E-state index >= 15 is 0 Å². The molecule has 1 aromatic carbocycles. The molecule has 1 saturated heterocycles. The summed E-state index contributed by atoms with van der Waals surface area (Å²) in [4.78, 5) is 14.8. The molecule has 0 aliphatic carbocycles.